The van der Waals surface area contributed by atoms with Gasteiger partial charge in [-0.2, -0.15) is 0 Å². The smallest absolute Gasteiger partial charge is 0.219 e. The number of rotatable bonds is 3. The summed E-state index contributed by atoms with van der Waals surface area (Å²) in [7, 11) is 0. The average molecular weight is 264 g/mol. The van der Waals surface area contributed by atoms with Crippen LogP contribution in [0, 0.1) is 12.7 Å². The summed E-state index contributed by atoms with van der Waals surface area (Å²) >= 11 is 0. The van der Waals surface area contributed by atoms with Crippen LogP contribution in [0.25, 0.3) is 0 Å². The maximum Gasteiger partial charge on any atom is 0.219 e. The molecule has 2 rings (SSSR count). The number of amides is 1. The van der Waals surface area contributed by atoms with Gasteiger partial charge in [0.15, 0.2) is 0 Å². The zero-order valence-electron chi connectivity index (χ0n) is 11.6. The molecule has 1 heterocycles. The van der Waals surface area contributed by atoms with Crippen molar-refractivity contribution in [1.82, 2.24) is 10.2 Å². The Balaban J connectivity index is 1.83. The molecule has 0 saturated carbocycles. The predicted octanol–water partition coefficient (Wildman–Crippen LogP) is 2.23. The van der Waals surface area contributed by atoms with Gasteiger partial charge in [-0.15, -0.1) is 0 Å². The highest BCUT2D eigenvalue weighted by Gasteiger charge is 2.20. The van der Waals surface area contributed by atoms with Crippen LogP contribution < -0.4 is 5.32 Å². The van der Waals surface area contributed by atoms with Gasteiger partial charge in [-0.1, -0.05) is 17.7 Å². The lowest BCUT2D eigenvalue weighted by Crippen LogP contribution is -2.44. The van der Waals surface area contributed by atoms with E-state index in [1.807, 2.05) is 17.9 Å². The molecule has 1 N–H and O–H groups in total. The first kappa shape index (κ1) is 14.0. The Morgan fingerprint density at radius 1 is 1.42 bits per heavy atom. The third kappa shape index (κ3) is 3.77. The van der Waals surface area contributed by atoms with Crippen LogP contribution in [0.15, 0.2) is 18.2 Å². The zero-order valence-corrected chi connectivity index (χ0v) is 11.6. The van der Waals surface area contributed by atoms with Crippen molar-refractivity contribution in [2.45, 2.75) is 39.3 Å². The summed E-state index contributed by atoms with van der Waals surface area (Å²) in [5.74, 6) is -0.0116. The van der Waals surface area contributed by atoms with Gasteiger partial charge in [0.05, 0.1) is 0 Å². The number of carbonyl (C=O) groups is 1. The number of hydrogen-bond acceptors (Lipinski definition) is 2. The number of nitrogens with zero attached hydrogens (tertiary/aromatic N) is 1. The summed E-state index contributed by atoms with van der Waals surface area (Å²) in [4.78, 5) is 13.1. The highest BCUT2D eigenvalue weighted by molar-refractivity contribution is 5.73. The molecular formula is C15H21FN2O. The molecule has 0 aliphatic carbocycles. The third-order valence-corrected chi connectivity index (χ3v) is 3.72. The summed E-state index contributed by atoms with van der Waals surface area (Å²) in [6.45, 7) is 5.72. The highest BCUT2D eigenvalue weighted by atomic mass is 19.1. The summed E-state index contributed by atoms with van der Waals surface area (Å²) < 4.78 is 13.6. The van der Waals surface area contributed by atoms with Crippen molar-refractivity contribution >= 4 is 5.91 Å². The number of likely N-dealkylation sites (tertiary alicyclic amines) is 1. The van der Waals surface area contributed by atoms with Crippen molar-refractivity contribution in [3.8, 4) is 0 Å². The molecule has 0 unspecified atom stereocenters. The second kappa shape index (κ2) is 6.15. The van der Waals surface area contributed by atoms with E-state index in [-0.39, 0.29) is 11.7 Å². The fraction of sp³-hybridized carbons (Fsp3) is 0.533. The second-order valence-electron chi connectivity index (χ2n) is 5.26. The van der Waals surface area contributed by atoms with Gasteiger partial charge in [0.25, 0.3) is 0 Å². The molecule has 0 aromatic heterocycles. The largest absolute Gasteiger partial charge is 0.343 e. The van der Waals surface area contributed by atoms with E-state index < -0.39 is 0 Å². The van der Waals surface area contributed by atoms with E-state index in [2.05, 4.69) is 5.32 Å². The molecule has 104 valence electrons. The fourth-order valence-electron chi connectivity index (χ4n) is 2.49. The zero-order chi connectivity index (χ0) is 13.8. The van der Waals surface area contributed by atoms with Crippen LogP contribution in [0.1, 0.15) is 30.9 Å². The minimum absolute atomic E-state index is 0.142. The van der Waals surface area contributed by atoms with Crippen molar-refractivity contribution in [2.75, 3.05) is 13.1 Å². The van der Waals surface area contributed by atoms with Gasteiger partial charge in [0, 0.05) is 38.2 Å². The number of piperidine rings is 1. The summed E-state index contributed by atoms with van der Waals surface area (Å²) in [5, 5.41) is 3.39. The SMILES string of the molecule is CC(=O)N1CCC(NCc2cc(C)ccc2F)CC1. The molecule has 3 nitrogen and oxygen atoms in total. The molecule has 1 aromatic rings. The first-order chi connectivity index (χ1) is 9.06. The van der Waals surface area contributed by atoms with Gasteiger partial charge in [0.1, 0.15) is 5.82 Å². The van der Waals surface area contributed by atoms with Crippen LogP contribution in [-0.2, 0) is 11.3 Å². The lowest BCUT2D eigenvalue weighted by atomic mass is 10.0. The maximum atomic E-state index is 13.6. The number of aryl methyl sites for hydroxylation is 1. The molecule has 1 aliphatic heterocycles. The Morgan fingerprint density at radius 2 is 2.11 bits per heavy atom. The van der Waals surface area contributed by atoms with E-state index in [9.17, 15) is 9.18 Å². The fourth-order valence-corrected chi connectivity index (χ4v) is 2.49. The standard InChI is InChI=1S/C15H21FN2O/c1-11-3-4-15(16)13(9-11)10-17-14-5-7-18(8-6-14)12(2)19/h3-4,9,14,17H,5-8,10H2,1-2H3. The highest BCUT2D eigenvalue weighted by Crippen LogP contribution is 2.13. The molecule has 1 aliphatic rings. The van der Waals surface area contributed by atoms with E-state index in [1.54, 1.807) is 13.0 Å². The van der Waals surface area contributed by atoms with Crippen molar-refractivity contribution in [2.24, 2.45) is 0 Å². The number of halogens is 1. The van der Waals surface area contributed by atoms with Gasteiger partial charge in [-0.25, -0.2) is 4.39 Å². The Labute approximate surface area is 113 Å². The second-order valence-corrected chi connectivity index (χ2v) is 5.26. The monoisotopic (exact) mass is 264 g/mol. The van der Waals surface area contributed by atoms with Crippen molar-refractivity contribution in [3.05, 3.63) is 35.1 Å². The Hall–Kier alpha value is -1.42. The molecule has 1 aromatic carbocycles. The predicted molar refractivity (Wildman–Crippen MR) is 73.3 cm³/mol. The quantitative estimate of drug-likeness (QED) is 0.908. The van der Waals surface area contributed by atoms with E-state index in [4.69, 9.17) is 0 Å². The van der Waals surface area contributed by atoms with Crippen LogP contribution in [0.5, 0.6) is 0 Å². The van der Waals surface area contributed by atoms with Crippen LogP contribution >= 0.6 is 0 Å². The topological polar surface area (TPSA) is 32.3 Å². The van der Waals surface area contributed by atoms with Gasteiger partial charge >= 0.3 is 0 Å². The van der Waals surface area contributed by atoms with E-state index in [0.717, 1.165) is 31.5 Å². The minimum atomic E-state index is -0.153. The molecule has 1 saturated heterocycles. The third-order valence-electron chi connectivity index (χ3n) is 3.72. The Bertz CT molecular complexity index is 453. The van der Waals surface area contributed by atoms with Crippen molar-refractivity contribution < 1.29 is 9.18 Å². The summed E-state index contributed by atoms with van der Waals surface area (Å²) in [6.07, 6.45) is 1.88. The molecule has 0 atom stereocenters. The van der Waals surface area contributed by atoms with Crippen LogP contribution in [0.4, 0.5) is 4.39 Å². The van der Waals surface area contributed by atoms with Gasteiger partial charge in [-0.3, -0.25) is 4.79 Å². The van der Waals surface area contributed by atoms with E-state index in [0.29, 0.717) is 18.2 Å². The number of carbonyl (C=O) groups excluding carboxylic acids is 1. The number of nitrogens with one attached hydrogen (secondary N) is 1. The van der Waals surface area contributed by atoms with Gasteiger partial charge < -0.3 is 10.2 Å². The molecule has 1 fully saturated rings. The van der Waals surface area contributed by atoms with Gasteiger partial charge in [0.2, 0.25) is 5.91 Å². The molecule has 0 bridgehead atoms. The minimum Gasteiger partial charge on any atom is -0.343 e. The lowest BCUT2D eigenvalue weighted by Gasteiger charge is -2.31. The molecular weight excluding hydrogens is 243 g/mol. The van der Waals surface area contributed by atoms with Crippen LogP contribution in [-0.4, -0.2) is 29.9 Å². The number of hydrogen-bond donors (Lipinski definition) is 1. The average Bonchev–Trinajstić information content (AvgIpc) is 2.40. The number of benzene rings is 1. The first-order valence-corrected chi connectivity index (χ1v) is 6.80. The molecule has 1 amide bonds. The van der Waals surface area contributed by atoms with E-state index >= 15 is 0 Å². The Morgan fingerprint density at radius 3 is 2.74 bits per heavy atom. The molecule has 0 radical (unpaired) electrons. The maximum absolute atomic E-state index is 13.6. The first-order valence-electron chi connectivity index (χ1n) is 6.80. The van der Waals surface area contributed by atoms with Crippen molar-refractivity contribution in [3.63, 3.8) is 0 Å². The summed E-state index contributed by atoms with van der Waals surface area (Å²) in [6, 6.07) is 5.55. The molecule has 19 heavy (non-hydrogen) atoms. The van der Waals surface area contributed by atoms with Crippen LogP contribution in [0.2, 0.25) is 0 Å². The summed E-state index contributed by atoms with van der Waals surface area (Å²) in [5.41, 5.74) is 1.79. The molecule has 4 heteroatoms. The van der Waals surface area contributed by atoms with E-state index in [1.165, 1.54) is 6.07 Å². The van der Waals surface area contributed by atoms with Crippen LogP contribution in [0.3, 0.4) is 0 Å². The normalized spacial score (nSPS) is 16.7. The Kier molecular flexibility index (Phi) is 4.53. The lowest BCUT2D eigenvalue weighted by molar-refractivity contribution is -0.129. The molecule has 0 spiro atoms. The van der Waals surface area contributed by atoms with Gasteiger partial charge in [-0.05, 0) is 25.8 Å². The van der Waals surface area contributed by atoms with Crippen molar-refractivity contribution in [1.29, 1.82) is 0 Å².